The Hall–Kier alpha value is -3.61. The predicted octanol–water partition coefficient (Wildman–Crippen LogP) is 15.7. The predicted molar refractivity (Wildman–Crippen MR) is 378 cm³/mol. The van der Waals surface area contributed by atoms with Crippen LogP contribution in [0.25, 0.3) is 0 Å². The highest BCUT2D eigenvalue weighted by molar-refractivity contribution is 5.76. The second-order valence-corrected chi connectivity index (χ2v) is 25.3. The van der Waals surface area contributed by atoms with E-state index < -0.39 is 86.8 Å². The maximum Gasteiger partial charge on any atom is 0.220 e. The highest BCUT2D eigenvalue weighted by atomic mass is 16.7. The molecule has 528 valence electrons. The quantitative estimate of drug-likeness (QED) is 0.0204. The molecule has 0 aromatic rings. The minimum Gasteiger partial charge on any atom is -0.394 e. The minimum absolute atomic E-state index is 0.251. The van der Waals surface area contributed by atoms with Crippen LogP contribution in [0.2, 0.25) is 0 Å². The number of hydrogen-bond donors (Lipinski definition) is 9. The molecule has 92 heavy (non-hydrogen) atoms. The highest BCUT2D eigenvalue weighted by Crippen LogP contribution is 2.30. The minimum atomic E-state index is -1.80. The summed E-state index contributed by atoms with van der Waals surface area (Å²) in [5, 5.41) is 87.4. The van der Waals surface area contributed by atoms with Gasteiger partial charge in [0.2, 0.25) is 5.91 Å². The van der Waals surface area contributed by atoms with E-state index in [1.165, 1.54) is 154 Å². The summed E-state index contributed by atoms with van der Waals surface area (Å²) in [5.41, 5.74) is 0. The van der Waals surface area contributed by atoms with E-state index in [1.54, 1.807) is 6.08 Å². The van der Waals surface area contributed by atoms with Crippen molar-refractivity contribution in [1.29, 1.82) is 0 Å². The first-order valence-corrected chi connectivity index (χ1v) is 36.8. The van der Waals surface area contributed by atoms with Gasteiger partial charge in [0, 0.05) is 6.42 Å². The molecule has 0 bridgehead atoms. The summed E-state index contributed by atoms with van der Waals surface area (Å²) >= 11 is 0. The van der Waals surface area contributed by atoms with E-state index >= 15 is 0 Å². The molecule has 2 aliphatic heterocycles. The van der Waals surface area contributed by atoms with E-state index in [0.29, 0.717) is 12.8 Å². The van der Waals surface area contributed by atoms with Gasteiger partial charge < -0.3 is 65.1 Å². The Morgan fingerprint density at radius 1 is 0.402 bits per heavy atom. The molecule has 0 spiro atoms. The average Bonchev–Trinajstić information content (AvgIpc) is 0.856. The molecule has 2 fully saturated rings. The Balaban J connectivity index is 1.60. The van der Waals surface area contributed by atoms with Gasteiger partial charge in [-0.15, -0.1) is 0 Å². The first-order valence-electron chi connectivity index (χ1n) is 36.8. The van der Waals surface area contributed by atoms with Crippen LogP contribution in [0.15, 0.2) is 122 Å². The Bertz CT molecular complexity index is 2010. The Kier molecular flexibility index (Phi) is 56.0. The second-order valence-electron chi connectivity index (χ2n) is 25.3. The molecule has 2 aliphatic rings. The molecule has 2 rings (SSSR count). The van der Waals surface area contributed by atoms with Crippen LogP contribution < -0.4 is 5.32 Å². The van der Waals surface area contributed by atoms with Crippen molar-refractivity contribution in [2.75, 3.05) is 19.8 Å². The summed E-state index contributed by atoms with van der Waals surface area (Å²) < 4.78 is 22.8. The molecule has 12 unspecified atom stereocenters. The van der Waals surface area contributed by atoms with Crippen LogP contribution in [0, 0.1) is 0 Å². The average molecular weight is 1290 g/mol. The summed E-state index contributed by atoms with van der Waals surface area (Å²) in [4.78, 5) is 13.3. The topological polar surface area (TPSA) is 228 Å². The van der Waals surface area contributed by atoms with Crippen molar-refractivity contribution in [1.82, 2.24) is 5.32 Å². The molecule has 0 aromatic carbocycles. The number of ether oxygens (including phenoxy) is 4. The zero-order valence-corrected chi connectivity index (χ0v) is 57.5. The fraction of sp³-hybridized carbons (Fsp3) is 0.731. The van der Waals surface area contributed by atoms with E-state index in [4.69, 9.17) is 18.9 Å². The zero-order valence-electron chi connectivity index (χ0n) is 57.5. The lowest BCUT2D eigenvalue weighted by Crippen LogP contribution is -2.65. The van der Waals surface area contributed by atoms with Crippen molar-refractivity contribution < 1.29 is 64.6 Å². The summed E-state index contributed by atoms with van der Waals surface area (Å²) in [7, 11) is 0. The van der Waals surface area contributed by atoms with Crippen LogP contribution in [0.5, 0.6) is 0 Å². The van der Waals surface area contributed by atoms with E-state index in [1.807, 2.05) is 6.08 Å². The maximum atomic E-state index is 13.3. The smallest absolute Gasteiger partial charge is 0.220 e. The number of unbranched alkanes of at least 4 members (excludes halogenated alkanes) is 28. The number of hydrogen-bond acceptors (Lipinski definition) is 13. The number of aliphatic hydroxyl groups is 8. The van der Waals surface area contributed by atoms with Gasteiger partial charge in [0.05, 0.1) is 32.0 Å². The number of carbonyl (C=O) groups excluding carboxylic acids is 1. The lowest BCUT2D eigenvalue weighted by Gasteiger charge is -2.46. The first kappa shape index (κ1) is 84.5. The molecule has 14 heteroatoms. The van der Waals surface area contributed by atoms with Crippen LogP contribution >= 0.6 is 0 Å². The van der Waals surface area contributed by atoms with Crippen LogP contribution in [0.1, 0.15) is 271 Å². The van der Waals surface area contributed by atoms with Gasteiger partial charge >= 0.3 is 0 Å². The summed E-state index contributed by atoms with van der Waals surface area (Å²) in [6.07, 6.45) is 72.7. The standard InChI is InChI=1S/C78H133NO13/c1-3-5-7-9-11-13-15-17-19-21-22-23-24-25-26-27-28-29-30-31-32-33-34-35-36-37-38-39-40-41-42-43-44-46-48-50-52-54-56-58-60-62-70(83)79-66(67(82)61-59-57-55-53-51-49-47-45-20-18-16-14-12-10-8-6-4-2)65-89-77-75(88)73(86)76(69(64-81)91-77)92-78-74(87)72(85)71(84)68(63-80)90-78/h5,7,11,13,17,19,22-23,25-26,28-29,31-32,34-35,51,53,59,61,66-69,71-78,80-82,84-88H,3-4,6,8-10,12,14-16,18,20-21,24,27,30,33,36-50,52,54-58,60,62-65H2,1-2H3,(H,79,83)/b7-5-,13-11-,19-17-,23-22-,26-25-,29-28-,32-31-,35-34-,53-51+,61-59+. The van der Waals surface area contributed by atoms with Crippen molar-refractivity contribution in [3.63, 3.8) is 0 Å². The molecule has 0 aliphatic carbocycles. The van der Waals surface area contributed by atoms with Crippen LogP contribution in [-0.2, 0) is 23.7 Å². The van der Waals surface area contributed by atoms with Crippen LogP contribution in [-0.4, -0.2) is 140 Å². The monoisotopic (exact) mass is 1290 g/mol. The third-order valence-electron chi connectivity index (χ3n) is 17.1. The Labute approximate surface area is 558 Å². The summed E-state index contributed by atoms with van der Waals surface area (Å²) in [6, 6.07) is -0.938. The largest absolute Gasteiger partial charge is 0.394 e. The second kappa shape index (κ2) is 61.0. The van der Waals surface area contributed by atoms with Gasteiger partial charge in [0.25, 0.3) is 0 Å². The third-order valence-corrected chi connectivity index (χ3v) is 17.1. The Morgan fingerprint density at radius 2 is 0.761 bits per heavy atom. The normalized spacial score (nSPS) is 23.4. The molecule has 12 atom stereocenters. The molecule has 1 amide bonds. The molecular weight excluding hydrogens is 1160 g/mol. The fourth-order valence-electron chi connectivity index (χ4n) is 11.3. The van der Waals surface area contributed by atoms with Gasteiger partial charge in [-0.25, -0.2) is 0 Å². The van der Waals surface area contributed by atoms with Crippen molar-refractivity contribution in [2.24, 2.45) is 0 Å². The summed E-state index contributed by atoms with van der Waals surface area (Å²) in [5.74, 6) is -0.251. The van der Waals surface area contributed by atoms with E-state index in [-0.39, 0.29) is 18.9 Å². The zero-order chi connectivity index (χ0) is 66.6. The fourth-order valence-corrected chi connectivity index (χ4v) is 11.3. The number of nitrogens with one attached hydrogen (secondary N) is 1. The van der Waals surface area contributed by atoms with Crippen molar-refractivity contribution in [3.05, 3.63) is 122 Å². The van der Waals surface area contributed by atoms with Gasteiger partial charge in [-0.2, -0.15) is 0 Å². The number of carbonyl (C=O) groups is 1. The summed E-state index contributed by atoms with van der Waals surface area (Å²) in [6.45, 7) is 2.67. The molecule has 2 saturated heterocycles. The molecule has 0 radical (unpaired) electrons. The highest BCUT2D eigenvalue weighted by Gasteiger charge is 2.51. The number of rotatable bonds is 59. The lowest BCUT2D eigenvalue weighted by atomic mass is 9.97. The first-order chi connectivity index (χ1) is 45.1. The van der Waals surface area contributed by atoms with Crippen molar-refractivity contribution in [3.8, 4) is 0 Å². The third kappa shape index (κ3) is 44.2. The van der Waals surface area contributed by atoms with E-state index in [9.17, 15) is 45.6 Å². The number of allylic oxidation sites excluding steroid dienone is 19. The molecule has 14 nitrogen and oxygen atoms in total. The number of amides is 1. The molecule has 9 N–H and O–H groups in total. The Morgan fingerprint density at radius 3 is 1.20 bits per heavy atom. The molecule has 2 heterocycles. The van der Waals surface area contributed by atoms with Gasteiger partial charge in [0.1, 0.15) is 48.8 Å². The molecule has 0 aromatic heterocycles. The van der Waals surface area contributed by atoms with Crippen molar-refractivity contribution in [2.45, 2.75) is 344 Å². The molecular formula is C78H133NO13. The van der Waals surface area contributed by atoms with E-state index in [0.717, 1.165) is 83.5 Å². The van der Waals surface area contributed by atoms with E-state index in [2.05, 4.69) is 129 Å². The van der Waals surface area contributed by atoms with Gasteiger partial charge in [0.15, 0.2) is 12.6 Å². The van der Waals surface area contributed by atoms with Gasteiger partial charge in [-0.3, -0.25) is 4.79 Å². The SMILES string of the molecule is CC/C=C\C/C=C\C/C=C\C/C=C\C/C=C\C/C=C\C/C=C\C/C=C\CCCCCCCCCCCCCCCCCCC(=O)NC(COC1OC(CO)C(OC2OC(CO)C(O)C(O)C2O)C(O)C1O)C(O)/C=C/CC/C=C/CCCCCCCCCCCCC. The van der Waals surface area contributed by atoms with Crippen LogP contribution in [0.4, 0.5) is 0 Å². The number of aliphatic hydroxyl groups excluding tert-OH is 8. The van der Waals surface area contributed by atoms with Crippen LogP contribution in [0.3, 0.4) is 0 Å². The van der Waals surface area contributed by atoms with Gasteiger partial charge in [-0.05, 0) is 96.3 Å². The van der Waals surface area contributed by atoms with Gasteiger partial charge in [-0.1, -0.05) is 289 Å². The van der Waals surface area contributed by atoms with Crippen molar-refractivity contribution >= 4 is 5.91 Å². The molecule has 0 saturated carbocycles. The lowest BCUT2D eigenvalue weighted by molar-refractivity contribution is -0.359. The maximum absolute atomic E-state index is 13.3.